The Hall–Kier alpha value is -3.07. The summed E-state index contributed by atoms with van der Waals surface area (Å²) in [5.74, 6) is 0.711. The zero-order valence-corrected chi connectivity index (χ0v) is 20.7. The lowest BCUT2D eigenvalue weighted by Crippen LogP contribution is -2.04. The second-order valence-electron chi connectivity index (χ2n) is 7.07. The van der Waals surface area contributed by atoms with Gasteiger partial charge in [0.2, 0.25) is 11.9 Å². The van der Waals surface area contributed by atoms with Gasteiger partial charge in [-0.3, -0.25) is 4.79 Å². The van der Waals surface area contributed by atoms with E-state index in [1.165, 1.54) is 33.5 Å². The van der Waals surface area contributed by atoms with Crippen molar-refractivity contribution in [2.24, 2.45) is 5.73 Å². The maximum atomic E-state index is 9.47. The molecule has 1 saturated heterocycles. The molecule has 8 nitrogen and oxygen atoms in total. The highest BCUT2D eigenvalue weighted by atomic mass is 35.5. The molecule has 1 fully saturated rings. The standard InChI is InChI=1S/C16H13Cl2N3O2.C5H10O.C3H5NO/c1-22-11-6-12(23-2)15(18)13(14(11)17)8-3-4-10-9(5-8)7-20-16(19)21-10;1-2-4-6-5-3-1;1-2-3(4)5/h3-7H,1-2H3,(H2,19,20,21);1-5H2;2H,1H2,(H2,4,5). The van der Waals surface area contributed by atoms with Crippen molar-refractivity contribution < 1.29 is 19.0 Å². The van der Waals surface area contributed by atoms with Crippen LogP contribution in [-0.4, -0.2) is 43.3 Å². The summed E-state index contributed by atoms with van der Waals surface area (Å²) in [6, 6.07) is 7.24. The molecule has 0 spiro atoms. The van der Waals surface area contributed by atoms with Crippen molar-refractivity contribution in [1.29, 1.82) is 0 Å². The van der Waals surface area contributed by atoms with Crippen molar-refractivity contribution >= 4 is 46.0 Å². The Morgan fingerprint density at radius 1 is 1.09 bits per heavy atom. The van der Waals surface area contributed by atoms with Gasteiger partial charge in [0.05, 0.1) is 29.8 Å². The Morgan fingerprint density at radius 2 is 1.68 bits per heavy atom. The number of ether oxygens (including phenoxy) is 3. The number of methoxy groups -OCH3 is 2. The first kappa shape index (κ1) is 27.2. The Labute approximate surface area is 208 Å². The van der Waals surface area contributed by atoms with E-state index in [1.54, 1.807) is 12.3 Å². The molecule has 0 atom stereocenters. The van der Waals surface area contributed by atoms with Crippen molar-refractivity contribution in [2.75, 3.05) is 33.2 Å². The summed E-state index contributed by atoms with van der Waals surface area (Å²) in [7, 11) is 3.07. The fraction of sp³-hybridized carbons (Fsp3) is 0.292. The number of primary amides is 1. The van der Waals surface area contributed by atoms with Gasteiger partial charge in [-0.2, -0.15) is 0 Å². The lowest BCUT2D eigenvalue weighted by Gasteiger charge is -2.15. The molecule has 1 amide bonds. The van der Waals surface area contributed by atoms with Crippen LogP contribution >= 0.6 is 23.2 Å². The molecule has 0 radical (unpaired) electrons. The van der Waals surface area contributed by atoms with E-state index in [0.29, 0.717) is 27.1 Å². The monoisotopic (exact) mass is 506 g/mol. The van der Waals surface area contributed by atoms with Crippen LogP contribution in [0.1, 0.15) is 19.3 Å². The van der Waals surface area contributed by atoms with Gasteiger partial charge in [0.25, 0.3) is 0 Å². The smallest absolute Gasteiger partial charge is 0.240 e. The fourth-order valence-corrected chi connectivity index (χ4v) is 3.75. The van der Waals surface area contributed by atoms with E-state index in [2.05, 4.69) is 22.3 Å². The highest BCUT2D eigenvalue weighted by Gasteiger charge is 2.19. The molecule has 1 aliphatic rings. The number of rotatable bonds is 4. The average molecular weight is 507 g/mol. The van der Waals surface area contributed by atoms with Crippen LogP contribution in [-0.2, 0) is 9.53 Å². The molecule has 0 aliphatic carbocycles. The zero-order valence-electron chi connectivity index (χ0n) is 19.1. The third kappa shape index (κ3) is 7.48. The predicted octanol–water partition coefficient (Wildman–Crippen LogP) is 5.05. The van der Waals surface area contributed by atoms with Crippen LogP contribution in [0.3, 0.4) is 0 Å². The quantitative estimate of drug-likeness (QED) is 0.474. The summed E-state index contributed by atoms with van der Waals surface area (Å²) in [5.41, 5.74) is 12.3. The number of benzene rings is 2. The van der Waals surface area contributed by atoms with Crippen molar-refractivity contribution in [3.8, 4) is 22.6 Å². The van der Waals surface area contributed by atoms with E-state index in [1.807, 2.05) is 18.2 Å². The molecule has 1 aliphatic heterocycles. The van der Waals surface area contributed by atoms with Gasteiger partial charge in [0.1, 0.15) is 11.5 Å². The number of carbonyl (C=O) groups is 1. The molecule has 4 rings (SSSR count). The van der Waals surface area contributed by atoms with Gasteiger partial charge in [-0.05, 0) is 43.0 Å². The van der Waals surface area contributed by atoms with Gasteiger partial charge in [0, 0.05) is 36.4 Å². The third-order valence-corrected chi connectivity index (χ3v) is 5.49. The molecule has 3 aromatic rings. The largest absolute Gasteiger partial charge is 0.495 e. The SMILES string of the molecule is C1CCOCC1.C=CC(N)=O.COc1cc(OC)c(Cl)c(-c2ccc3nc(N)ncc3c2)c1Cl. The van der Waals surface area contributed by atoms with E-state index in [9.17, 15) is 4.79 Å². The number of fused-ring (bicyclic) bond motifs is 1. The van der Waals surface area contributed by atoms with E-state index in [4.69, 9.17) is 43.1 Å². The summed E-state index contributed by atoms with van der Waals surface area (Å²) in [6.07, 6.45) is 6.64. The summed E-state index contributed by atoms with van der Waals surface area (Å²) in [6.45, 7) is 5.09. The number of nitrogen functional groups attached to an aromatic ring is 1. The topological polar surface area (TPSA) is 123 Å². The lowest BCUT2D eigenvalue weighted by molar-refractivity contribution is -0.113. The molecule has 10 heteroatoms. The van der Waals surface area contributed by atoms with E-state index >= 15 is 0 Å². The number of nitrogens with zero attached hydrogens (tertiary/aromatic N) is 2. The van der Waals surface area contributed by atoms with Gasteiger partial charge < -0.3 is 25.7 Å². The van der Waals surface area contributed by atoms with E-state index in [-0.39, 0.29) is 5.95 Å². The number of aromatic nitrogens is 2. The van der Waals surface area contributed by atoms with Gasteiger partial charge in [0.15, 0.2) is 0 Å². The van der Waals surface area contributed by atoms with Gasteiger partial charge >= 0.3 is 0 Å². The van der Waals surface area contributed by atoms with Crippen LogP contribution < -0.4 is 20.9 Å². The normalized spacial score (nSPS) is 12.5. The number of hydrogen-bond acceptors (Lipinski definition) is 7. The molecule has 0 bridgehead atoms. The Kier molecular flexibility index (Phi) is 10.9. The second kappa shape index (κ2) is 13.6. The predicted molar refractivity (Wildman–Crippen MR) is 137 cm³/mol. The van der Waals surface area contributed by atoms with Crippen LogP contribution in [0.4, 0.5) is 5.95 Å². The molecule has 182 valence electrons. The molecular formula is C24H28Cl2N4O4. The van der Waals surface area contributed by atoms with Crippen LogP contribution in [0, 0.1) is 0 Å². The zero-order chi connectivity index (χ0) is 25.1. The maximum absolute atomic E-state index is 9.47. The minimum atomic E-state index is -0.481. The molecule has 0 saturated carbocycles. The van der Waals surface area contributed by atoms with Crippen molar-refractivity contribution in [2.45, 2.75) is 19.3 Å². The molecule has 1 aromatic heterocycles. The van der Waals surface area contributed by atoms with Gasteiger partial charge in [-0.25, -0.2) is 9.97 Å². The molecule has 4 N–H and O–H groups in total. The summed E-state index contributed by atoms with van der Waals surface area (Å²) in [5, 5.41) is 1.65. The van der Waals surface area contributed by atoms with Crippen molar-refractivity contribution in [3.63, 3.8) is 0 Å². The van der Waals surface area contributed by atoms with Crippen molar-refractivity contribution in [1.82, 2.24) is 9.97 Å². The number of amides is 1. The van der Waals surface area contributed by atoms with E-state index in [0.717, 1.165) is 35.8 Å². The number of anilines is 1. The number of nitrogens with two attached hydrogens (primary N) is 2. The number of hydrogen-bond donors (Lipinski definition) is 2. The summed E-state index contributed by atoms with van der Waals surface area (Å²) < 4.78 is 15.7. The van der Waals surface area contributed by atoms with E-state index < -0.39 is 5.91 Å². The third-order valence-electron chi connectivity index (χ3n) is 4.74. The molecule has 0 unspecified atom stereocenters. The minimum Gasteiger partial charge on any atom is -0.495 e. The first-order valence-corrected chi connectivity index (χ1v) is 11.2. The highest BCUT2D eigenvalue weighted by molar-refractivity contribution is 6.41. The molecular weight excluding hydrogens is 479 g/mol. The molecule has 34 heavy (non-hydrogen) atoms. The van der Waals surface area contributed by atoms with Crippen LogP contribution in [0.25, 0.3) is 22.0 Å². The lowest BCUT2D eigenvalue weighted by atomic mass is 10.0. The van der Waals surface area contributed by atoms with Crippen LogP contribution in [0.2, 0.25) is 10.0 Å². The average Bonchev–Trinajstić information content (AvgIpc) is 2.86. The summed E-state index contributed by atoms with van der Waals surface area (Å²) in [4.78, 5) is 17.7. The minimum absolute atomic E-state index is 0.226. The van der Waals surface area contributed by atoms with Gasteiger partial charge in [-0.15, -0.1) is 0 Å². The van der Waals surface area contributed by atoms with Gasteiger partial charge in [-0.1, -0.05) is 35.8 Å². The van der Waals surface area contributed by atoms with Crippen LogP contribution in [0.5, 0.6) is 11.5 Å². The second-order valence-corrected chi connectivity index (χ2v) is 7.82. The summed E-state index contributed by atoms with van der Waals surface area (Å²) >= 11 is 12.9. The number of carbonyl (C=O) groups excluding carboxylic acids is 1. The first-order valence-electron chi connectivity index (χ1n) is 10.4. The van der Waals surface area contributed by atoms with Crippen LogP contribution in [0.15, 0.2) is 43.1 Å². The Morgan fingerprint density at radius 3 is 2.12 bits per heavy atom. The maximum Gasteiger partial charge on any atom is 0.240 e. The first-order chi connectivity index (χ1) is 16.3. The van der Waals surface area contributed by atoms with Crippen molar-refractivity contribution in [3.05, 3.63) is 53.2 Å². The fourth-order valence-electron chi connectivity index (χ4n) is 3.03. The Balaban J connectivity index is 0.000000306. The highest BCUT2D eigenvalue weighted by Crippen LogP contribution is 2.46. The number of halogens is 2. The molecule has 2 aromatic carbocycles. The Bertz CT molecular complexity index is 1100. The molecule has 2 heterocycles.